The number of nitrogens with two attached hydrogens (primary N) is 1. The summed E-state index contributed by atoms with van der Waals surface area (Å²) in [6, 6.07) is 0. The van der Waals surface area contributed by atoms with Gasteiger partial charge < -0.3 is 5.73 Å². The van der Waals surface area contributed by atoms with Gasteiger partial charge >= 0.3 is 0 Å². The molecule has 0 aromatic heterocycles. The fourth-order valence-corrected chi connectivity index (χ4v) is 1.45. The fourth-order valence-electron chi connectivity index (χ4n) is 1.45. The third kappa shape index (κ3) is 1.83. The normalized spacial score (nSPS) is 28.6. The molecule has 1 nitrogen and oxygen atoms in total. The molecule has 0 saturated heterocycles. The lowest BCUT2D eigenvalue weighted by molar-refractivity contribution is 0.428. The van der Waals surface area contributed by atoms with E-state index in [1.54, 1.807) is 0 Å². The number of rotatable bonds is 1. The average Bonchev–Trinajstić information content (AvgIpc) is 1.88. The fraction of sp³-hybridized carbons (Fsp3) is 0.750. The molecule has 52 valence electrons. The molecule has 0 aromatic rings. The minimum Gasteiger partial charge on any atom is -0.330 e. The Hall–Kier alpha value is -0.300. The molecule has 0 spiro atoms. The van der Waals surface area contributed by atoms with Crippen LogP contribution in [0.15, 0.2) is 12.2 Å². The van der Waals surface area contributed by atoms with E-state index in [1.807, 2.05) is 0 Å². The van der Waals surface area contributed by atoms with E-state index >= 15 is 0 Å². The summed E-state index contributed by atoms with van der Waals surface area (Å²) in [6.07, 6.45) is 5.03. The van der Waals surface area contributed by atoms with Gasteiger partial charge in [0.2, 0.25) is 0 Å². The van der Waals surface area contributed by atoms with Crippen LogP contribution in [0.5, 0.6) is 0 Å². The van der Waals surface area contributed by atoms with Gasteiger partial charge in [0.1, 0.15) is 0 Å². The predicted octanol–water partition coefficient (Wildman–Crippen LogP) is 1.69. The van der Waals surface area contributed by atoms with Crippen LogP contribution in [0.3, 0.4) is 0 Å². The van der Waals surface area contributed by atoms with Gasteiger partial charge in [0.15, 0.2) is 0 Å². The van der Waals surface area contributed by atoms with E-state index in [9.17, 15) is 0 Å². The van der Waals surface area contributed by atoms with Gasteiger partial charge in [-0.3, -0.25) is 0 Å². The zero-order valence-corrected chi connectivity index (χ0v) is 5.90. The second-order valence-corrected chi connectivity index (χ2v) is 2.95. The lowest BCUT2D eigenvalue weighted by Gasteiger charge is -2.21. The molecule has 1 aliphatic rings. The molecular weight excluding hydrogens is 110 g/mol. The summed E-state index contributed by atoms with van der Waals surface area (Å²) in [4.78, 5) is 0. The highest BCUT2D eigenvalue weighted by molar-refractivity contribution is 4.99. The third-order valence-corrected chi connectivity index (χ3v) is 2.05. The van der Waals surface area contributed by atoms with Crippen LogP contribution in [0, 0.1) is 5.92 Å². The van der Waals surface area contributed by atoms with Gasteiger partial charge in [0.05, 0.1) is 0 Å². The molecule has 1 saturated carbocycles. The minimum atomic E-state index is 0.742. The SMILES string of the molecule is C=C1CCC[C@@H](CN)C1. The van der Waals surface area contributed by atoms with E-state index in [0.717, 1.165) is 12.5 Å². The van der Waals surface area contributed by atoms with Gasteiger partial charge in [-0.1, -0.05) is 12.2 Å². The van der Waals surface area contributed by atoms with Crippen molar-refractivity contribution >= 4 is 0 Å². The van der Waals surface area contributed by atoms with Gasteiger partial charge in [0, 0.05) is 0 Å². The lowest BCUT2D eigenvalue weighted by Crippen LogP contribution is -2.17. The zero-order chi connectivity index (χ0) is 6.69. The van der Waals surface area contributed by atoms with E-state index in [-0.39, 0.29) is 0 Å². The molecule has 0 bridgehead atoms. The van der Waals surface area contributed by atoms with Crippen molar-refractivity contribution in [1.82, 2.24) is 0 Å². The Morgan fingerprint density at radius 3 is 2.89 bits per heavy atom. The summed E-state index contributed by atoms with van der Waals surface area (Å²) in [5.74, 6) is 0.742. The highest BCUT2D eigenvalue weighted by Gasteiger charge is 2.13. The summed E-state index contributed by atoms with van der Waals surface area (Å²) in [5, 5.41) is 0. The monoisotopic (exact) mass is 125 g/mol. The van der Waals surface area contributed by atoms with Crippen molar-refractivity contribution in [2.75, 3.05) is 6.54 Å². The second-order valence-electron chi connectivity index (χ2n) is 2.95. The Balaban J connectivity index is 2.32. The average molecular weight is 125 g/mol. The number of allylic oxidation sites excluding steroid dienone is 1. The van der Waals surface area contributed by atoms with Gasteiger partial charge in [-0.2, -0.15) is 0 Å². The number of hydrogen-bond acceptors (Lipinski definition) is 1. The largest absolute Gasteiger partial charge is 0.330 e. The maximum Gasteiger partial charge on any atom is -0.00458 e. The topological polar surface area (TPSA) is 26.0 Å². The highest BCUT2D eigenvalue weighted by atomic mass is 14.5. The predicted molar refractivity (Wildman–Crippen MR) is 40.2 cm³/mol. The van der Waals surface area contributed by atoms with E-state index in [2.05, 4.69) is 6.58 Å². The molecule has 1 aliphatic carbocycles. The molecule has 0 aromatic carbocycles. The van der Waals surface area contributed by atoms with E-state index in [0.29, 0.717) is 0 Å². The first kappa shape index (κ1) is 6.81. The first-order chi connectivity index (χ1) is 4.33. The summed E-state index contributed by atoms with van der Waals surface area (Å²) in [7, 11) is 0. The summed E-state index contributed by atoms with van der Waals surface area (Å²) in [5.41, 5.74) is 6.92. The quantitative estimate of drug-likeness (QED) is 0.530. The second kappa shape index (κ2) is 3.02. The zero-order valence-electron chi connectivity index (χ0n) is 5.90. The van der Waals surface area contributed by atoms with Crippen LogP contribution in [-0.4, -0.2) is 6.54 Å². The first-order valence-corrected chi connectivity index (χ1v) is 3.69. The van der Waals surface area contributed by atoms with Crippen LogP contribution in [0.4, 0.5) is 0 Å². The Bertz CT molecular complexity index is 107. The molecule has 2 N–H and O–H groups in total. The van der Waals surface area contributed by atoms with Crippen molar-refractivity contribution in [2.24, 2.45) is 11.7 Å². The van der Waals surface area contributed by atoms with Gasteiger partial charge in [-0.25, -0.2) is 0 Å². The molecule has 1 atom stereocenters. The van der Waals surface area contributed by atoms with Crippen molar-refractivity contribution in [3.05, 3.63) is 12.2 Å². The summed E-state index contributed by atoms with van der Waals surface area (Å²) in [6.45, 7) is 4.80. The van der Waals surface area contributed by atoms with Crippen molar-refractivity contribution < 1.29 is 0 Å². The van der Waals surface area contributed by atoms with Crippen LogP contribution in [-0.2, 0) is 0 Å². The summed E-state index contributed by atoms with van der Waals surface area (Å²) < 4.78 is 0. The van der Waals surface area contributed by atoms with Crippen LogP contribution in [0.25, 0.3) is 0 Å². The number of hydrogen-bond donors (Lipinski definition) is 1. The van der Waals surface area contributed by atoms with Crippen LogP contribution < -0.4 is 5.73 Å². The molecule has 1 heteroatoms. The van der Waals surface area contributed by atoms with Crippen molar-refractivity contribution in [3.63, 3.8) is 0 Å². The lowest BCUT2D eigenvalue weighted by atomic mass is 9.86. The van der Waals surface area contributed by atoms with Crippen LogP contribution in [0.2, 0.25) is 0 Å². The first-order valence-electron chi connectivity index (χ1n) is 3.69. The Morgan fingerprint density at radius 2 is 2.44 bits per heavy atom. The standard InChI is InChI=1S/C8H15N/c1-7-3-2-4-8(5-7)6-9/h8H,1-6,9H2/t8-/m1/s1. The van der Waals surface area contributed by atoms with E-state index in [1.165, 1.54) is 31.3 Å². The highest BCUT2D eigenvalue weighted by Crippen LogP contribution is 2.25. The van der Waals surface area contributed by atoms with Crippen molar-refractivity contribution in [3.8, 4) is 0 Å². The van der Waals surface area contributed by atoms with Crippen molar-refractivity contribution in [1.29, 1.82) is 0 Å². The molecule has 0 amide bonds. The van der Waals surface area contributed by atoms with Crippen LogP contribution in [0.1, 0.15) is 25.7 Å². The summed E-state index contributed by atoms with van der Waals surface area (Å²) >= 11 is 0. The maximum atomic E-state index is 5.52. The van der Waals surface area contributed by atoms with Crippen LogP contribution >= 0.6 is 0 Å². The van der Waals surface area contributed by atoms with Gasteiger partial charge in [0.25, 0.3) is 0 Å². The maximum absolute atomic E-state index is 5.52. The van der Waals surface area contributed by atoms with E-state index in [4.69, 9.17) is 5.73 Å². The third-order valence-electron chi connectivity index (χ3n) is 2.05. The molecule has 1 rings (SSSR count). The molecule has 0 radical (unpaired) electrons. The Labute approximate surface area is 56.9 Å². The smallest absolute Gasteiger partial charge is 0.00458 e. The molecule has 1 fully saturated rings. The minimum absolute atomic E-state index is 0.742. The Kier molecular flexibility index (Phi) is 2.29. The van der Waals surface area contributed by atoms with Gasteiger partial charge in [-0.05, 0) is 38.1 Å². The molecule has 0 heterocycles. The molecular formula is C8H15N. The van der Waals surface area contributed by atoms with E-state index < -0.39 is 0 Å². The molecule has 0 unspecified atom stereocenters. The Morgan fingerprint density at radius 1 is 1.67 bits per heavy atom. The molecule has 0 aliphatic heterocycles. The van der Waals surface area contributed by atoms with Crippen molar-refractivity contribution in [2.45, 2.75) is 25.7 Å². The molecule has 9 heavy (non-hydrogen) atoms. The van der Waals surface area contributed by atoms with Gasteiger partial charge in [-0.15, -0.1) is 0 Å².